The summed E-state index contributed by atoms with van der Waals surface area (Å²) in [5.74, 6) is -0.126. The predicted molar refractivity (Wildman–Crippen MR) is 134 cm³/mol. The number of carbonyl (C=O) groups excluding carboxylic acids is 1. The van der Waals surface area contributed by atoms with Gasteiger partial charge in [0.1, 0.15) is 0 Å². The zero-order valence-corrected chi connectivity index (χ0v) is 19.2. The van der Waals surface area contributed by atoms with Crippen molar-refractivity contribution >= 4 is 41.2 Å². The number of hydrogen-bond donors (Lipinski definition) is 1. The van der Waals surface area contributed by atoms with Crippen LogP contribution in [0.25, 0.3) is 5.76 Å². The molecule has 1 amide bonds. The lowest BCUT2D eigenvalue weighted by atomic mass is 10.2. The van der Waals surface area contributed by atoms with Gasteiger partial charge in [-0.25, -0.2) is 0 Å². The van der Waals surface area contributed by atoms with Crippen LogP contribution in [0.2, 0.25) is 5.02 Å². The van der Waals surface area contributed by atoms with Crippen molar-refractivity contribution < 1.29 is 13.9 Å². The van der Waals surface area contributed by atoms with E-state index in [-0.39, 0.29) is 5.76 Å². The van der Waals surface area contributed by atoms with Crippen molar-refractivity contribution in [1.82, 2.24) is 5.32 Å². The van der Waals surface area contributed by atoms with Gasteiger partial charge in [0.2, 0.25) is 0 Å². The van der Waals surface area contributed by atoms with Crippen molar-refractivity contribution in [3.63, 3.8) is 0 Å². The van der Waals surface area contributed by atoms with Crippen LogP contribution in [0.1, 0.15) is 15.9 Å². The van der Waals surface area contributed by atoms with Crippen molar-refractivity contribution in [2.24, 2.45) is 0 Å². The topological polar surface area (TPSA) is 55.4 Å². The number of carbonyl (C=O) groups is 1. The summed E-state index contributed by atoms with van der Waals surface area (Å²) in [7, 11) is -3.53. The minimum atomic E-state index is -3.53. The van der Waals surface area contributed by atoms with Gasteiger partial charge in [0.05, 0.1) is 21.2 Å². The van der Waals surface area contributed by atoms with E-state index in [2.05, 4.69) is 5.32 Å². The quantitative estimate of drug-likeness (QED) is 0.264. The Morgan fingerprint density at radius 1 is 0.727 bits per heavy atom. The summed E-state index contributed by atoms with van der Waals surface area (Å²) in [5.41, 5.74) is 1.00. The highest BCUT2D eigenvalue weighted by molar-refractivity contribution is 7.74. The van der Waals surface area contributed by atoms with E-state index in [0.29, 0.717) is 26.8 Å². The maximum atomic E-state index is 14.4. The van der Waals surface area contributed by atoms with Gasteiger partial charge in [-0.1, -0.05) is 90.5 Å². The van der Waals surface area contributed by atoms with Crippen molar-refractivity contribution in [2.45, 2.75) is 0 Å². The molecule has 0 fully saturated rings. The molecule has 0 radical (unpaired) electrons. The molecule has 0 aliphatic carbocycles. The lowest BCUT2D eigenvalue weighted by molar-refractivity contribution is 0.0970. The van der Waals surface area contributed by atoms with Gasteiger partial charge < -0.3 is 9.84 Å². The summed E-state index contributed by atoms with van der Waals surface area (Å²) >= 11 is 6.16. The van der Waals surface area contributed by atoms with E-state index in [9.17, 15) is 9.36 Å². The van der Waals surface area contributed by atoms with Gasteiger partial charge in [-0.2, -0.15) is 0 Å². The number of amides is 1. The summed E-state index contributed by atoms with van der Waals surface area (Å²) in [4.78, 5) is 12.7. The Bertz CT molecular complexity index is 1270. The van der Waals surface area contributed by atoms with Gasteiger partial charge in [0, 0.05) is 11.8 Å². The number of hydrogen-bond acceptors (Lipinski definition) is 3. The van der Waals surface area contributed by atoms with Crippen LogP contribution in [-0.4, -0.2) is 5.91 Å². The Kier molecular flexibility index (Phi) is 7.09. The Hall–Kier alpha value is -3.59. The molecular weight excluding hydrogens is 453 g/mol. The molecule has 4 aromatic carbocycles. The summed E-state index contributed by atoms with van der Waals surface area (Å²) in [6.45, 7) is 0. The first-order chi connectivity index (χ1) is 16.1. The normalized spacial score (nSPS) is 11.6. The number of rotatable bonds is 7. The largest absolute Gasteiger partial charge is 0.435 e. The first-order valence-corrected chi connectivity index (χ1v) is 12.3. The second-order valence-corrected chi connectivity index (χ2v) is 9.87. The fourth-order valence-electron chi connectivity index (χ4n) is 3.26. The summed E-state index contributed by atoms with van der Waals surface area (Å²) < 4.78 is 20.7. The van der Waals surface area contributed by atoms with Gasteiger partial charge in [0.15, 0.2) is 5.76 Å². The molecule has 0 bridgehead atoms. The van der Waals surface area contributed by atoms with Gasteiger partial charge in [-0.15, -0.1) is 0 Å². The monoisotopic (exact) mass is 473 g/mol. The number of halogens is 1. The van der Waals surface area contributed by atoms with E-state index in [1.165, 1.54) is 6.20 Å². The van der Waals surface area contributed by atoms with Crippen molar-refractivity contribution in [3.8, 4) is 0 Å². The first-order valence-electron chi connectivity index (χ1n) is 10.3. The van der Waals surface area contributed by atoms with E-state index < -0.39 is 13.3 Å². The SMILES string of the molecule is O=C(NC=C(OP(=O)(c1ccccc1)c1ccccc1)c1ccccc1)c1ccccc1Cl. The third-order valence-electron chi connectivity index (χ3n) is 4.93. The average molecular weight is 474 g/mol. The third kappa shape index (κ3) is 5.25. The molecule has 4 aromatic rings. The molecular formula is C27H21ClNO3P. The Balaban J connectivity index is 1.75. The minimum absolute atomic E-state index is 0.270. The number of nitrogens with one attached hydrogen (secondary N) is 1. The molecule has 4 nitrogen and oxygen atoms in total. The zero-order chi connectivity index (χ0) is 23.1. The lowest BCUT2D eigenvalue weighted by Crippen LogP contribution is -2.20. The third-order valence-corrected chi connectivity index (χ3v) is 7.67. The highest BCUT2D eigenvalue weighted by Gasteiger charge is 2.31. The van der Waals surface area contributed by atoms with Crippen LogP contribution < -0.4 is 15.9 Å². The molecule has 6 heteroatoms. The van der Waals surface area contributed by atoms with E-state index >= 15 is 0 Å². The molecule has 4 rings (SSSR count). The smallest absolute Gasteiger partial charge is 0.306 e. The summed E-state index contributed by atoms with van der Waals surface area (Å²) in [6, 6.07) is 34.1. The lowest BCUT2D eigenvalue weighted by Gasteiger charge is -2.22. The summed E-state index contributed by atoms with van der Waals surface area (Å²) in [5, 5.41) is 4.17. The molecule has 0 atom stereocenters. The molecule has 1 N–H and O–H groups in total. The van der Waals surface area contributed by atoms with E-state index in [1.54, 1.807) is 48.5 Å². The maximum Gasteiger partial charge on any atom is 0.306 e. The van der Waals surface area contributed by atoms with Crippen LogP contribution in [0, 0.1) is 0 Å². The molecule has 0 saturated carbocycles. The van der Waals surface area contributed by atoms with Crippen molar-refractivity contribution in [3.05, 3.63) is 138 Å². The second kappa shape index (κ2) is 10.4. The zero-order valence-electron chi connectivity index (χ0n) is 17.6. The van der Waals surface area contributed by atoms with Crippen LogP contribution in [0.4, 0.5) is 0 Å². The average Bonchev–Trinajstić information content (AvgIpc) is 2.88. The van der Waals surface area contributed by atoms with Gasteiger partial charge in [-0.3, -0.25) is 9.36 Å². The van der Waals surface area contributed by atoms with Crippen molar-refractivity contribution in [1.29, 1.82) is 0 Å². The van der Waals surface area contributed by atoms with Crippen LogP contribution >= 0.6 is 19.0 Å². The molecule has 0 saturated heterocycles. The van der Waals surface area contributed by atoms with Gasteiger partial charge in [-0.05, 0) is 36.4 Å². The molecule has 0 heterocycles. The van der Waals surface area contributed by atoms with Crippen LogP contribution in [0.5, 0.6) is 0 Å². The minimum Gasteiger partial charge on any atom is -0.435 e. The molecule has 0 aromatic heterocycles. The second-order valence-electron chi connectivity index (χ2n) is 7.14. The van der Waals surface area contributed by atoms with Crippen LogP contribution in [-0.2, 0) is 9.09 Å². The maximum absolute atomic E-state index is 14.4. The standard InChI is InChI=1S/C27H21ClNO3P/c28-25-19-11-10-18-24(25)27(30)29-20-26(21-12-4-1-5-13-21)32-33(31,22-14-6-2-7-15-22)23-16-8-3-9-17-23/h1-20H,(H,29,30). The molecule has 0 unspecified atom stereocenters. The van der Waals surface area contributed by atoms with Gasteiger partial charge in [0.25, 0.3) is 5.91 Å². The molecule has 0 aliphatic heterocycles. The van der Waals surface area contributed by atoms with Gasteiger partial charge >= 0.3 is 7.37 Å². The number of benzene rings is 4. The Morgan fingerprint density at radius 2 is 1.21 bits per heavy atom. The Morgan fingerprint density at radius 3 is 1.76 bits per heavy atom. The fraction of sp³-hybridized carbons (Fsp3) is 0. The predicted octanol–water partition coefficient (Wildman–Crippen LogP) is 6.01. The highest BCUT2D eigenvalue weighted by Crippen LogP contribution is 2.48. The highest BCUT2D eigenvalue weighted by atomic mass is 35.5. The van der Waals surface area contributed by atoms with E-state index in [0.717, 1.165) is 0 Å². The first kappa shape index (κ1) is 22.6. The molecule has 164 valence electrons. The van der Waals surface area contributed by atoms with Crippen molar-refractivity contribution in [2.75, 3.05) is 0 Å². The molecule has 0 aliphatic rings. The van der Waals surface area contributed by atoms with E-state index in [4.69, 9.17) is 16.1 Å². The fourth-order valence-corrected chi connectivity index (χ4v) is 5.56. The van der Waals surface area contributed by atoms with E-state index in [1.807, 2.05) is 66.7 Å². The van der Waals surface area contributed by atoms with Crippen LogP contribution in [0.15, 0.2) is 121 Å². The molecule has 33 heavy (non-hydrogen) atoms. The molecule has 0 spiro atoms. The van der Waals surface area contributed by atoms with Crippen LogP contribution in [0.3, 0.4) is 0 Å². The Labute approximate surface area is 198 Å². The summed E-state index contributed by atoms with van der Waals surface area (Å²) in [6.07, 6.45) is 1.43.